The summed E-state index contributed by atoms with van der Waals surface area (Å²) in [5.74, 6) is 0.458. The molecule has 0 amide bonds. The lowest BCUT2D eigenvalue weighted by Gasteiger charge is -2.09. The minimum atomic E-state index is 0.458. The number of hydrogen-bond donors (Lipinski definition) is 0. The van der Waals surface area contributed by atoms with Gasteiger partial charge in [0.2, 0.25) is 0 Å². The Balaban J connectivity index is 2.17. The maximum Gasteiger partial charge on any atom is 0.186 e. The molecule has 1 aliphatic rings. The maximum absolute atomic E-state index is 9.12. The molecule has 18 heavy (non-hydrogen) atoms. The molecule has 0 bridgehead atoms. The first-order valence-electron chi connectivity index (χ1n) is 6.29. The largest absolute Gasteiger partial charge is 0.216 e. The fourth-order valence-corrected chi connectivity index (χ4v) is 2.29. The van der Waals surface area contributed by atoms with Crippen molar-refractivity contribution in [3.05, 3.63) is 41.2 Å². The Kier molecular flexibility index (Phi) is 2.60. The van der Waals surface area contributed by atoms with Crippen molar-refractivity contribution in [2.24, 2.45) is 0 Å². The molecule has 2 aromatic rings. The van der Waals surface area contributed by atoms with E-state index in [9.17, 15) is 0 Å². The van der Waals surface area contributed by atoms with Crippen LogP contribution in [0.15, 0.2) is 24.3 Å². The van der Waals surface area contributed by atoms with Crippen LogP contribution in [0.5, 0.6) is 0 Å². The van der Waals surface area contributed by atoms with E-state index in [1.54, 1.807) is 0 Å². The van der Waals surface area contributed by atoms with Gasteiger partial charge in [-0.3, -0.25) is 0 Å². The molecule has 0 atom stereocenters. The Hall–Kier alpha value is -2.15. The summed E-state index contributed by atoms with van der Waals surface area (Å²) in [5, 5.41) is 17.3. The van der Waals surface area contributed by atoms with Gasteiger partial charge in [0.25, 0.3) is 0 Å². The number of nitrogens with zero attached hydrogens (tertiary/aromatic N) is 4. The van der Waals surface area contributed by atoms with Gasteiger partial charge in [0, 0.05) is 5.92 Å². The van der Waals surface area contributed by atoms with E-state index in [0.717, 1.165) is 30.6 Å². The highest BCUT2D eigenvalue weighted by Gasteiger charge is 2.32. The minimum Gasteiger partial charge on any atom is -0.216 e. The number of hydrogen-bond acceptors (Lipinski definition) is 3. The molecule has 1 fully saturated rings. The molecule has 1 aromatic heterocycles. The molecule has 1 heterocycles. The second kappa shape index (κ2) is 4.26. The zero-order valence-electron chi connectivity index (χ0n) is 10.3. The maximum atomic E-state index is 9.12. The highest BCUT2D eigenvalue weighted by atomic mass is 15.4. The van der Waals surface area contributed by atoms with E-state index in [4.69, 9.17) is 5.26 Å². The summed E-state index contributed by atoms with van der Waals surface area (Å²) in [6.45, 7) is 2.12. The molecule has 0 radical (unpaired) electrons. The lowest BCUT2D eigenvalue weighted by atomic mass is 10.1. The first-order chi connectivity index (χ1) is 8.85. The number of para-hydroxylation sites is 1. The van der Waals surface area contributed by atoms with Gasteiger partial charge >= 0.3 is 0 Å². The molecule has 0 unspecified atom stereocenters. The Morgan fingerprint density at radius 3 is 2.83 bits per heavy atom. The van der Waals surface area contributed by atoms with Gasteiger partial charge in [-0.2, -0.15) is 5.26 Å². The Morgan fingerprint density at radius 2 is 2.17 bits per heavy atom. The van der Waals surface area contributed by atoms with E-state index in [1.165, 1.54) is 5.56 Å². The Labute approximate surface area is 106 Å². The van der Waals surface area contributed by atoms with E-state index < -0.39 is 0 Å². The van der Waals surface area contributed by atoms with Crippen LogP contribution in [0, 0.1) is 11.3 Å². The van der Waals surface area contributed by atoms with Gasteiger partial charge in [0.15, 0.2) is 5.69 Å². The summed E-state index contributed by atoms with van der Waals surface area (Å²) < 4.78 is 1.86. The first-order valence-corrected chi connectivity index (χ1v) is 6.29. The zero-order chi connectivity index (χ0) is 12.5. The third-order valence-corrected chi connectivity index (χ3v) is 3.38. The lowest BCUT2D eigenvalue weighted by molar-refractivity contribution is 0.755. The standard InChI is InChI=1S/C14H14N4/c1-2-10-5-3-4-6-13(10)18-14(11-7-8-11)12(9-15)16-17-18/h3-6,11H,2,7-8H2,1H3. The van der Waals surface area contributed by atoms with Gasteiger partial charge in [-0.15, -0.1) is 5.10 Å². The van der Waals surface area contributed by atoms with E-state index in [0.29, 0.717) is 11.6 Å². The van der Waals surface area contributed by atoms with E-state index >= 15 is 0 Å². The Morgan fingerprint density at radius 1 is 1.39 bits per heavy atom. The van der Waals surface area contributed by atoms with Crippen molar-refractivity contribution in [3.63, 3.8) is 0 Å². The van der Waals surface area contributed by atoms with Gasteiger partial charge in [-0.25, -0.2) is 4.68 Å². The summed E-state index contributed by atoms with van der Waals surface area (Å²) in [5.41, 5.74) is 3.74. The second-order valence-electron chi connectivity index (χ2n) is 4.60. The highest BCUT2D eigenvalue weighted by Crippen LogP contribution is 2.42. The molecule has 0 N–H and O–H groups in total. The second-order valence-corrected chi connectivity index (χ2v) is 4.60. The molecule has 3 rings (SSSR count). The van der Waals surface area contributed by atoms with E-state index in [-0.39, 0.29) is 0 Å². The SMILES string of the molecule is CCc1ccccc1-n1nnc(C#N)c1C1CC1. The fraction of sp³-hybridized carbons (Fsp3) is 0.357. The minimum absolute atomic E-state index is 0.458. The topological polar surface area (TPSA) is 54.5 Å². The average Bonchev–Trinajstić information content (AvgIpc) is 3.17. The van der Waals surface area contributed by atoms with E-state index in [2.05, 4.69) is 29.4 Å². The molecule has 1 aromatic carbocycles. The first kappa shape index (κ1) is 11.0. The van der Waals surface area contributed by atoms with Crippen molar-refractivity contribution in [1.82, 2.24) is 15.0 Å². The van der Waals surface area contributed by atoms with Crippen LogP contribution < -0.4 is 0 Å². The summed E-state index contributed by atoms with van der Waals surface area (Å²) in [6, 6.07) is 10.3. The van der Waals surface area contributed by atoms with Crippen molar-refractivity contribution in [2.75, 3.05) is 0 Å². The number of aromatic nitrogens is 3. The molecule has 90 valence electrons. The molecular weight excluding hydrogens is 224 g/mol. The average molecular weight is 238 g/mol. The number of nitriles is 1. The molecule has 1 saturated carbocycles. The number of aryl methyl sites for hydroxylation is 1. The Bertz CT molecular complexity index is 617. The van der Waals surface area contributed by atoms with Gasteiger partial charge in [0.05, 0.1) is 11.4 Å². The summed E-state index contributed by atoms with van der Waals surface area (Å²) in [6.07, 6.45) is 3.22. The summed E-state index contributed by atoms with van der Waals surface area (Å²) >= 11 is 0. The highest BCUT2D eigenvalue weighted by molar-refractivity contribution is 5.44. The van der Waals surface area contributed by atoms with Gasteiger partial charge in [0.1, 0.15) is 6.07 Å². The van der Waals surface area contributed by atoms with E-state index in [1.807, 2.05) is 22.9 Å². The quantitative estimate of drug-likeness (QED) is 0.825. The fourth-order valence-electron chi connectivity index (χ4n) is 2.29. The van der Waals surface area contributed by atoms with Gasteiger partial charge in [-0.05, 0) is 30.9 Å². The smallest absolute Gasteiger partial charge is 0.186 e. The molecular formula is C14H14N4. The van der Waals surface area contributed by atoms with Crippen molar-refractivity contribution in [1.29, 1.82) is 5.26 Å². The van der Waals surface area contributed by atoms with Gasteiger partial charge in [-0.1, -0.05) is 30.3 Å². The van der Waals surface area contributed by atoms with Crippen molar-refractivity contribution in [3.8, 4) is 11.8 Å². The molecule has 1 aliphatic carbocycles. The van der Waals surface area contributed by atoms with Crippen molar-refractivity contribution < 1.29 is 0 Å². The van der Waals surface area contributed by atoms with Crippen LogP contribution in [-0.4, -0.2) is 15.0 Å². The molecule has 0 spiro atoms. The van der Waals surface area contributed by atoms with Crippen LogP contribution >= 0.6 is 0 Å². The van der Waals surface area contributed by atoms with Crippen molar-refractivity contribution >= 4 is 0 Å². The lowest BCUT2D eigenvalue weighted by Crippen LogP contribution is -2.05. The number of benzene rings is 1. The van der Waals surface area contributed by atoms with Crippen LogP contribution in [-0.2, 0) is 6.42 Å². The molecule has 4 nitrogen and oxygen atoms in total. The van der Waals surface area contributed by atoms with Crippen LogP contribution in [0.4, 0.5) is 0 Å². The number of rotatable bonds is 3. The monoisotopic (exact) mass is 238 g/mol. The summed E-state index contributed by atoms with van der Waals surface area (Å²) in [4.78, 5) is 0. The zero-order valence-corrected chi connectivity index (χ0v) is 10.3. The summed E-state index contributed by atoms with van der Waals surface area (Å²) in [7, 11) is 0. The van der Waals surface area contributed by atoms with Crippen LogP contribution in [0.3, 0.4) is 0 Å². The predicted octanol–water partition coefficient (Wildman–Crippen LogP) is 2.58. The van der Waals surface area contributed by atoms with Crippen LogP contribution in [0.1, 0.15) is 42.6 Å². The third kappa shape index (κ3) is 1.68. The molecule has 0 saturated heterocycles. The van der Waals surface area contributed by atoms with Crippen LogP contribution in [0.25, 0.3) is 5.69 Å². The third-order valence-electron chi connectivity index (χ3n) is 3.38. The van der Waals surface area contributed by atoms with Crippen molar-refractivity contribution in [2.45, 2.75) is 32.1 Å². The predicted molar refractivity (Wildman–Crippen MR) is 67.4 cm³/mol. The molecule has 0 aliphatic heterocycles. The molecule has 4 heteroatoms. The van der Waals surface area contributed by atoms with Gasteiger partial charge < -0.3 is 0 Å². The van der Waals surface area contributed by atoms with Crippen LogP contribution in [0.2, 0.25) is 0 Å². The normalized spacial score (nSPS) is 14.4.